The van der Waals surface area contributed by atoms with Gasteiger partial charge in [-0.05, 0) is 43.8 Å². The molecule has 1 aliphatic heterocycles. The molecule has 1 saturated heterocycles. The molecule has 1 aromatic carbocycles. The summed E-state index contributed by atoms with van der Waals surface area (Å²) in [7, 11) is 0. The lowest BCUT2D eigenvalue weighted by Crippen LogP contribution is -2.37. The van der Waals surface area contributed by atoms with Crippen molar-refractivity contribution in [3.8, 4) is 0 Å². The maximum Gasteiger partial charge on any atom is 0.252 e. The number of hydrogen-bond donors (Lipinski definition) is 4. The van der Waals surface area contributed by atoms with Crippen molar-refractivity contribution in [3.63, 3.8) is 0 Å². The molecule has 3 rings (SSSR count). The number of anilines is 1. The molecule has 2 amide bonds. The Kier molecular flexibility index (Phi) is 6.38. The Labute approximate surface area is 153 Å². The van der Waals surface area contributed by atoms with Crippen molar-refractivity contribution in [2.45, 2.75) is 31.7 Å². The van der Waals surface area contributed by atoms with Gasteiger partial charge in [-0.15, -0.1) is 0 Å². The average Bonchev–Trinajstić information content (AvgIpc) is 3.19. The van der Waals surface area contributed by atoms with Crippen LogP contribution in [-0.4, -0.2) is 35.1 Å². The predicted molar refractivity (Wildman–Crippen MR) is 99.4 cm³/mol. The Morgan fingerprint density at radius 1 is 1.15 bits per heavy atom. The molecule has 2 heterocycles. The van der Waals surface area contributed by atoms with Gasteiger partial charge in [-0.25, -0.2) is 0 Å². The van der Waals surface area contributed by atoms with Gasteiger partial charge in [-0.2, -0.15) is 5.10 Å². The van der Waals surface area contributed by atoms with Crippen molar-refractivity contribution in [2.24, 2.45) is 5.92 Å². The second-order valence-corrected chi connectivity index (χ2v) is 6.60. The van der Waals surface area contributed by atoms with Crippen molar-refractivity contribution >= 4 is 17.6 Å². The van der Waals surface area contributed by atoms with Crippen LogP contribution in [0.1, 0.15) is 37.3 Å². The van der Waals surface area contributed by atoms with Gasteiger partial charge in [0, 0.05) is 12.5 Å². The summed E-state index contributed by atoms with van der Waals surface area (Å²) in [5.41, 5.74) is 0.750. The van der Waals surface area contributed by atoms with Gasteiger partial charge in [-0.3, -0.25) is 14.7 Å². The van der Waals surface area contributed by atoms with Gasteiger partial charge in [0.05, 0.1) is 6.20 Å². The van der Waals surface area contributed by atoms with E-state index >= 15 is 0 Å². The molecule has 0 saturated carbocycles. The second kappa shape index (κ2) is 9.15. The van der Waals surface area contributed by atoms with Crippen molar-refractivity contribution in [1.82, 2.24) is 20.8 Å². The third-order valence-electron chi connectivity index (χ3n) is 4.70. The molecule has 1 aliphatic rings. The molecule has 4 N–H and O–H groups in total. The van der Waals surface area contributed by atoms with Gasteiger partial charge < -0.3 is 16.0 Å². The lowest BCUT2D eigenvalue weighted by Gasteiger charge is -2.23. The average molecular weight is 355 g/mol. The topological polar surface area (TPSA) is 98.9 Å². The Morgan fingerprint density at radius 2 is 1.92 bits per heavy atom. The van der Waals surface area contributed by atoms with Crippen LogP contribution in [0.5, 0.6) is 0 Å². The molecule has 7 nitrogen and oxygen atoms in total. The lowest BCUT2D eigenvalue weighted by atomic mass is 9.93. The highest BCUT2D eigenvalue weighted by Crippen LogP contribution is 2.19. The maximum absolute atomic E-state index is 12.7. The fourth-order valence-electron chi connectivity index (χ4n) is 3.21. The fraction of sp³-hybridized carbons (Fsp3) is 0.421. The Morgan fingerprint density at radius 3 is 2.62 bits per heavy atom. The quantitative estimate of drug-likeness (QED) is 0.610. The number of carbonyl (C=O) groups is 2. The highest BCUT2D eigenvalue weighted by atomic mass is 16.2. The van der Waals surface area contributed by atoms with Crippen LogP contribution < -0.4 is 16.0 Å². The van der Waals surface area contributed by atoms with E-state index in [1.165, 1.54) is 0 Å². The molecule has 1 fully saturated rings. The van der Waals surface area contributed by atoms with Gasteiger partial charge in [0.15, 0.2) is 0 Å². The van der Waals surface area contributed by atoms with Crippen LogP contribution >= 0.6 is 0 Å². The number of H-pyrrole nitrogens is 1. The number of nitrogens with zero attached hydrogens (tertiary/aromatic N) is 1. The van der Waals surface area contributed by atoms with Crippen LogP contribution in [0.15, 0.2) is 42.6 Å². The number of carbonyl (C=O) groups excluding carboxylic acids is 2. The molecule has 0 radical (unpaired) electrons. The highest BCUT2D eigenvalue weighted by molar-refractivity contribution is 5.97. The summed E-state index contributed by atoms with van der Waals surface area (Å²) < 4.78 is 0. The third kappa shape index (κ3) is 5.16. The van der Waals surface area contributed by atoms with Crippen LogP contribution in [-0.2, 0) is 9.59 Å². The first kappa shape index (κ1) is 18.1. The minimum Gasteiger partial charge on any atom is -0.341 e. The first-order valence-electron chi connectivity index (χ1n) is 9.07. The van der Waals surface area contributed by atoms with Crippen molar-refractivity contribution in [2.75, 3.05) is 18.4 Å². The largest absolute Gasteiger partial charge is 0.341 e. The highest BCUT2D eigenvalue weighted by Gasteiger charge is 2.23. The van der Waals surface area contributed by atoms with Gasteiger partial charge in [-0.1, -0.05) is 30.3 Å². The number of aromatic nitrogens is 2. The molecule has 1 atom stereocenters. The fourth-order valence-corrected chi connectivity index (χ4v) is 3.21. The summed E-state index contributed by atoms with van der Waals surface area (Å²) in [6.07, 6.45) is 5.07. The van der Waals surface area contributed by atoms with E-state index in [-0.39, 0.29) is 11.8 Å². The molecule has 1 unspecified atom stereocenters. The zero-order chi connectivity index (χ0) is 18.2. The van der Waals surface area contributed by atoms with E-state index in [0.29, 0.717) is 18.2 Å². The number of hydrogen-bond acceptors (Lipinski definition) is 4. The van der Waals surface area contributed by atoms with Crippen LogP contribution in [0.25, 0.3) is 0 Å². The second-order valence-electron chi connectivity index (χ2n) is 6.60. The Balaban J connectivity index is 1.61. The summed E-state index contributed by atoms with van der Waals surface area (Å²) in [4.78, 5) is 25.1. The SMILES string of the molecule is O=C(CCC1CCNCC1)NC(C(=O)Nc1ccn[nH]1)c1ccccc1. The minimum atomic E-state index is -0.736. The van der Waals surface area contributed by atoms with Crippen molar-refractivity contribution < 1.29 is 9.59 Å². The van der Waals surface area contributed by atoms with Gasteiger partial charge in [0.1, 0.15) is 11.9 Å². The summed E-state index contributed by atoms with van der Waals surface area (Å²) in [6.45, 7) is 2.04. The molecule has 0 bridgehead atoms. The smallest absolute Gasteiger partial charge is 0.252 e. The Bertz CT molecular complexity index is 696. The van der Waals surface area contributed by atoms with Gasteiger partial charge in [0.25, 0.3) is 5.91 Å². The number of amides is 2. The minimum absolute atomic E-state index is 0.0999. The summed E-state index contributed by atoms with van der Waals surface area (Å²) in [6, 6.07) is 10.2. The van der Waals surface area contributed by atoms with E-state index in [1.807, 2.05) is 30.3 Å². The normalized spacial score (nSPS) is 16.0. The first-order valence-corrected chi connectivity index (χ1v) is 9.07. The number of rotatable bonds is 7. The van der Waals surface area contributed by atoms with E-state index in [9.17, 15) is 9.59 Å². The van der Waals surface area contributed by atoms with Crippen molar-refractivity contribution in [1.29, 1.82) is 0 Å². The summed E-state index contributed by atoms with van der Waals surface area (Å²) in [5.74, 6) is 0.684. The first-order chi connectivity index (χ1) is 12.7. The summed E-state index contributed by atoms with van der Waals surface area (Å²) >= 11 is 0. The number of aromatic amines is 1. The summed E-state index contributed by atoms with van der Waals surface area (Å²) in [5, 5.41) is 15.5. The Hall–Kier alpha value is -2.67. The van der Waals surface area contributed by atoms with Gasteiger partial charge in [0.2, 0.25) is 5.91 Å². The standard InChI is InChI=1S/C19H25N5O2/c25-17(7-6-14-8-11-20-12-9-14)23-18(15-4-2-1-3-5-15)19(26)22-16-10-13-21-24-16/h1-5,10,13-14,18,20H,6-9,11-12H2,(H,23,25)(H2,21,22,24,26). The molecular formula is C19H25N5O2. The van der Waals surface area contributed by atoms with Crippen molar-refractivity contribution in [3.05, 3.63) is 48.2 Å². The number of piperidine rings is 1. The maximum atomic E-state index is 12.7. The van der Waals surface area contributed by atoms with Crippen LogP contribution in [0.2, 0.25) is 0 Å². The molecule has 2 aromatic rings. The van der Waals surface area contributed by atoms with E-state index in [0.717, 1.165) is 37.9 Å². The van der Waals surface area contributed by atoms with E-state index in [4.69, 9.17) is 0 Å². The molecule has 138 valence electrons. The molecular weight excluding hydrogens is 330 g/mol. The molecule has 1 aromatic heterocycles. The molecule has 26 heavy (non-hydrogen) atoms. The van der Waals surface area contributed by atoms with E-state index < -0.39 is 6.04 Å². The molecule has 7 heteroatoms. The molecule has 0 aliphatic carbocycles. The van der Waals surface area contributed by atoms with Crippen LogP contribution in [0.4, 0.5) is 5.82 Å². The van der Waals surface area contributed by atoms with E-state index in [1.54, 1.807) is 12.3 Å². The van der Waals surface area contributed by atoms with Crippen LogP contribution in [0, 0.1) is 5.92 Å². The lowest BCUT2D eigenvalue weighted by molar-refractivity contribution is -0.126. The zero-order valence-electron chi connectivity index (χ0n) is 14.7. The monoisotopic (exact) mass is 355 g/mol. The number of nitrogens with one attached hydrogen (secondary N) is 4. The van der Waals surface area contributed by atoms with Gasteiger partial charge >= 0.3 is 0 Å². The van der Waals surface area contributed by atoms with E-state index in [2.05, 4.69) is 26.1 Å². The third-order valence-corrected chi connectivity index (χ3v) is 4.70. The molecule has 0 spiro atoms. The number of benzene rings is 1. The van der Waals surface area contributed by atoms with Crippen LogP contribution in [0.3, 0.4) is 0 Å². The predicted octanol–water partition coefficient (Wildman–Crippen LogP) is 1.99. The zero-order valence-corrected chi connectivity index (χ0v) is 14.7.